The maximum absolute atomic E-state index is 14.0. The first kappa shape index (κ1) is 14.3. The van der Waals surface area contributed by atoms with Crippen LogP contribution in [0.5, 0.6) is 5.75 Å². The van der Waals surface area contributed by atoms with Crippen LogP contribution < -0.4 is 10.1 Å². The molecular formula is C16H21FN2O2. The number of ether oxygens (including phenoxy) is 1. The molecule has 5 heteroatoms. The summed E-state index contributed by atoms with van der Waals surface area (Å²) < 4.78 is 19.0. The number of hydrogen-bond donors (Lipinski definition) is 1. The average Bonchev–Trinajstić information content (AvgIpc) is 2.91. The summed E-state index contributed by atoms with van der Waals surface area (Å²) in [4.78, 5) is 14.3. The summed E-state index contributed by atoms with van der Waals surface area (Å²) in [6.45, 7) is 3.50. The summed E-state index contributed by atoms with van der Waals surface area (Å²) in [7, 11) is 1.48. The van der Waals surface area contributed by atoms with E-state index in [0.29, 0.717) is 5.75 Å². The largest absolute Gasteiger partial charge is 0.497 e. The highest BCUT2D eigenvalue weighted by Crippen LogP contribution is 2.39. The SMILES string of the molecule is COc1ccc(C(=O)N2CCC3(CCNCC3)C2)c(F)c1. The Morgan fingerprint density at radius 3 is 2.76 bits per heavy atom. The number of carbonyl (C=O) groups excluding carboxylic acids is 1. The minimum atomic E-state index is -0.509. The van der Waals surface area contributed by atoms with Crippen LogP contribution in [0.2, 0.25) is 0 Å². The van der Waals surface area contributed by atoms with Gasteiger partial charge in [-0.2, -0.15) is 0 Å². The number of nitrogens with one attached hydrogen (secondary N) is 1. The van der Waals surface area contributed by atoms with Crippen molar-refractivity contribution in [3.8, 4) is 5.75 Å². The Morgan fingerprint density at radius 1 is 1.33 bits per heavy atom. The molecule has 2 aliphatic rings. The zero-order valence-corrected chi connectivity index (χ0v) is 12.3. The van der Waals surface area contributed by atoms with Gasteiger partial charge >= 0.3 is 0 Å². The van der Waals surface area contributed by atoms with Crippen LogP contribution in [0.1, 0.15) is 29.6 Å². The fourth-order valence-electron chi connectivity index (χ4n) is 3.44. The zero-order valence-electron chi connectivity index (χ0n) is 12.3. The van der Waals surface area contributed by atoms with E-state index in [1.807, 2.05) is 0 Å². The fourth-order valence-corrected chi connectivity index (χ4v) is 3.44. The summed E-state index contributed by atoms with van der Waals surface area (Å²) in [5.41, 5.74) is 0.380. The Balaban J connectivity index is 1.74. The number of likely N-dealkylation sites (tertiary alicyclic amines) is 1. The molecule has 2 fully saturated rings. The first-order valence-corrected chi connectivity index (χ1v) is 7.47. The van der Waals surface area contributed by atoms with Gasteiger partial charge in [-0.25, -0.2) is 4.39 Å². The molecule has 0 aromatic heterocycles. The van der Waals surface area contributed by atoms with Gasteiger partial charge in [-0.3, -0.25) is 4.79 Å². The van der Waals surface area contributed by atoms with E-state index in [9.17, 15) is 9.18 Å². The molecule has 2 saturated heterocycles. The van der Waals surface area contributed by atoms with E-state index in [-0.39, 0.29) is 16.9 Å². The van der Waals surface area contributed by atoms with E-state index in [1.165, 1.54) is 19.2 Å². The maximum Gasteiger partial charge on any atom is 0.256 e. The number of halogens is 1. The number of nitrogens with zero attached hydrogens (tertiary/aromatic N) is 1. The molecule has 0 unspecified atom stereocenters. The van der Waals surface area contributed by atoms with Crippen LogP contribution in [-0.2, 0) is 0 Å². The molecule has 0 aliphatic carbocycles. The van der Waals surface area contributed by atoms with Gasteiger partial charge in [-0.05, 0) is 49.9 Å². The lowest BCUT2D eigenvalue weighted by molar-refractivity contribution is 0.0757. The van der Waals surface area contributed by atoms with Gasteiger partial charge < -0.3 is 15.0 Å². The lowest BCUT2D eigenvalue weighted by atomic mass is 9.78. The highest BCUT2D eigenvalue weighted by Gasteiger charge is 2.40. The van der Waals surface area contributed by atoms with E-state index in [1.54, 1.807) is 11.0 Å². The molecule has 3 rings (SSSR count). The van der Waals surface area contributed by atoms with Crippen LogP contribution in [0.3, 0.4) is 0 Å². The molecule has 1 amide bonds. The van der Waals surface area contributed by atoms with Crippen LogP contribution >= 0.6 is 0 Å². The van der Waals surface area contributed by atoms with Crippen molar-refractivity contribution in [2.24, 2.45) is 5.41 Å². The summed E-state index contributed by atoms with van der Waals surface area (Å²) in [5, 5.41) is 3.36. The molecule has 2 heterocycles. The van der Waals surface area contributed by atoms with Gasteiger partial charge in [0, 0.05) is 19.2 Å². The highest BCUT2D eigenvalue weighted by atomic mass is 19.1. The van der Waals surface area contributed by atoms with Crippen molar-refractivity contribution in [1.82, 2.24) is 10.2 Å². The summed E-state index contributed by atoms with van der Waals surface area (Å²) in [5.74, 6) is -0.281. The Labute approximate surface area is 124 Å². The fraction of sp³-hybridized carbons (Fsp3) is 0.562. The highest BCUT2D eigenvalue weighted by molar-refractivity contribution is 5.94. The first-order valence-electron chi connectivity index (χ1n) is 7.47. The number of piperidine rings is 1. The molecule has 0 atom stereocenters. The molecule has 21 heavy (non-hydrogen) atoms. The third-order valence-electron chi connectivity index (χ3n) is 4.80. The molecule has 0 bridgehead atoms. The Kier molecular flexibility index (Phi) is 3.85. The van der Waals surface area contributed by atoms with Gasteiger partial charge in [0.25, 0.3) is 5.91 Å². The number of rotatable bonds is 2. The van der Waals surface area contributed by atoms with E-state index in [0.717, 1.165) is 45.4 Å². The second-order valence-corrected chi connectivity index (χ2v) is 6.07. The van der Waals surface area contributed by atoms with Gasteiger partial charge in [0.05, 0.1) is 12.7 Å². The third-order valence-corrected chi connectivity index (χ3v) is 4.80. The van der Waals surface area contributed by atoms with Gasteiger partial charge in [-0.15, -0.1) is 0 Å². The topological polar surface area (TPSA) is 41.6 Å². The second-order valence-electron chi connectivity index (χ2n) is 6.07. The summed E-state index contributed by atoms with van der Waals surface area (Å²) in [6.07, 6.45) is 3.22. The molecule has 2 aliphatic heterocycles. The number of hydrogen-bond acceptors (Lipinski definition) is 3. The predicted molar refractivity (Wildman–Crippen MR) is 78.0 cm³/mol. The molecule has 114 valence electrons. The monoisotopic (exact) mass is 292 g/mol. The molecule has 1 aromatic rings. The number of benzene rings is 1. The molecule has 0 saturated carbocycles. The molecule has 0 radical (unpaired) electrons. The maximum atomic E-state index is 14.0. The van der Waals surface area contributed by atoms with Crippen molar-refractivity contribution in [1.29, 1.82) is 0 Å². The average molecular weight is 292 g/mol. The van der Waals surface area contributed by atoms with Gasteiger partial charge in [-0.1, -0.05) is 0 Å². The lowest BCUT2D eigenvalue weighted by Gasteiger charge is -2.33. The molecule has 4 nitrogen and oxygen atoms in total. The normalized spacial score (nSPS) is 20.8. The Bertz CT molecular complexity index is 541. The van der Waals surface area contributed by atoms with Crippen molar-refractivity contribution >= 4 is 5.91 Å². The lowest BCUT2D eigenvalue weighted by Crippen LogP contribution is -2.39. The van der Waals surface area contributed by atoms with E-state index in [4.69, 9.17) is 4.74 Å². The van der Waals surface area contributed by atoms with Gasteiger partial charge in [0.1, 0.15) is 11.6 Å². The van der Waals surface area contributed by atoms with Gasteiger partial charge in [0.15, 0.2) is 0 Å². The van der Waals surface area contributed by atoms with Crippen LogP contribution in [0, 0.1) is 11.2 Å². The quantitative estimate of drug-likeness (QED) is 0.907. The third kappa shape index (κ3) is 2.75. The van der Waals surface area contributed by atoms with Crippen molar-refractivity contribution in [3.63, 3.8) is 0 Å². The smallest absolute Gasteiger partial charge is 0.256 e. The summed E-state index contributed by atoms with van der Waals surface area (Å²) in [6, 6.07) is 4.42. The van der Waals surface area contributed by atoms with Crippen LogP contribution in [-0.4, -0.2) is 44.1 Å². The van der Waals surface area contributed by atoms with E-state index < -0.39 is 5.82 Å². The Morgan fingerprint density at radius 2 is 2.10 bits per heavy atom. The molecular weight excluding hydrogens is 271 g/mol. The van der Waals surface area contributed by atoms with E-state index >= 15 is 0 Å². The summed E-state index contributed by atoms with van der Waals surface area (Å²) >= 11 is 0. The van der Waals surface area contributed by atoms with Crippen molar-refractivity contribution < 1.29 is 13.9 Å². The van der Waals surface area contributed by atoms with Crippen LogP contribution in [0.15, 0.2) is 18.2 Å². The van der Waals surface area contributed by atoms with Crippen molar-refractivity contribution in [3.05, 3.63) is 29.6 Å². The van der Waals surface area contributed by atoms with Crippen LogP contribution in [0.4, 0.5) is 4.39 Å². The van der Waals surface area contributed by atoms with Crippen LogP contribution in [0.25, 0.3) is 0 Å². The first-order chi connectivity index (χ1) is 10.1. The van der Waals surface area contributed by atoms with Gasteiger partial charge in [0.2, 0.25) is 0 Å². The predicted octanol–water partition coefficient (Wildman–Crippen LogP) is 2.05. The Hall–Kier alpha value is -1.62. The number of carbonyl (C=O) groups is 1. The number of amides is 1. The van der Waals surface area contributed by atoms with Crippen molar-refractivity contribution in [2.75, 3.05) is 33.3 Å². The minimum absolute atomic E-state index is 0.141. The number of methoxy groups -OCH3 is 1. The zero-order chi connectivity index (χ0) is 14.9. The molecule has 1 spiro atoms. The molecule has 1 N–H and O–H groups in total. The second kappa shape index (κ2) is 5.64. The standard InChI is InChI=1S/C16H21FN2O2/c1-21-12-2-3-13(14(17)10-12)15(20)19-9-6-16(11-19)4-7-18-8-5-16/h2-3,10,18H,4-9,11H2,1H3. The van der Waals surface area contributed by atoms with E-state index in [2.05, 4.69) is 5.32 Å². The minimum Gasteiger partial charge on any atom is -0.497 e. The molecule has 1 aromatic carbocycles. The van der Waals surface area contributed by atoms with Crippen molar-refractivity contribution in [2.45, 2.75) is 19.3 Å².